The van der Waals surface area contributed by atoms with Crippen molar-refractivity contribution in [2.45, 2.75) is 50.8 Å². The molecule has 4 atom stereocenters. The van der Waals surface area contributed by atoms with E-state index < -0.39 is 15.5 Å². The third kappa shape index (κ3) is 4.82. The summed E-state index contributed by atoms with van der Waals surface area (Å²) in [5, 5.41) is 4.01. The van der Waals surface area contributed by atoms with Crippen LogP contribution in [0.25, 0.3) is 10.9 Å². The second-order valence-electron chi connectivity index (χ2n) is 9.30. The number of nitrogens with one attached hydrogen (secondary N) is 1. The highest BCUT2D eigenvalue weighted by atomic mass is 32.2. The first-order valence-electron chi connectivity index (χ1n) is 11.6. The van der Waals surface area contributed by atoms with Gasteiger partial charge in [0.2, 0.25) is 0 Å². The number of nitrogens with zero attached hydrogens (tertiary/aromatic N) is 3. The van der Waals surface area contributed by atoms with Gasteiger partial charge in [-0.2, -0.15) is 4.36 Å². The maximum Gasteiger partial charge on any atom is 0.151 e. The molecule has 35 heavy (non-hydrogen) atoms. The van der Waals surface area contributed by atoms with Crippen LogP contribution in [-0.4, -0.2) is 57.2 Å². The highest BCUT2D eigenvalue weighted by Gasteiger charge is 2.43. The largest absolute Gasteiger partial charge is 0.483 e. The van der Waals surface area contributed by atoms with Gasteiger partial charge in [-0.1, -0.05) is 13.8 Å². The van der Waals surface area contributed by atoms with Gasteiger partial charge in [0.05, 0.1) is 39.3 Å². The first-order chi connectivity index (χ1) is 16.7. The third-order valence-electron chi connectivity index (χ3n) is 6.48. The number of hydrogen-bond acceptors (Lipinski definition) is 8. The Morgan fingerprint density at radius 1 is 1.23 bits per heavy atom. The van der Waals surface area contributed by atoms with Gasteiger partial charge in [-0.25, -0.2) is 18.6 Å². The van der Waals surface area contributed by atoms with Crippen LogP contribution in [0.4, 0.5) is 21.6 Å². The van der Waals surface area contributed by atoms with E-state index in [4.69, 9.17) is 14.2 Å². The maximum absolute atomic E-state index is 14.2. The molecule has 2 aromatic carbocycles. The van der Waals surface area contributed by atoms with Gasteiger partial charge in [0, 0.05) is 29.6 Å². The minimum absolute atomic E-state index is 0.0199. The van der Waals surface area contributed by atoms with Crippen LogP contribution < -0.4 is 10.1 Å². The molecule has 3 aromatic rings. The molecule has 1 aromatic heterocycles. The van der Waals surface area contributed by atoms with E-state index in [9.17, 15) is 8.60 Å². The lowest BCUT2D eigenvalue weighted by molar-refractivity contribution is 0.0310. The zero-order valence-electron chi connectivity index (χ0n) is 20.2. The van der Waals surface area contributed by atoms with Crippen molar-refractivity contribution in [3.05, 3.63) is 48.0 Å². The summed E-state index contributed by atoms with van der Waals surface area (Å²) >= 11 is 0. The van der Waals surface area contributed by atoms with Gasteiger partial charge >= 0.3 is 0 Å². The van der Waals surface area contributed by atoms with Crippen molar-refractivity contribution in [1.29, 1.82) is 0 Å². The Hall–Kier alpha value is -2.82. The standard InChI is InChI=1S/C25H29FN4O4S/c1-14(2)35(4,31)30-17-9-15(3)23-19(11-17)27-13-28-25(23)29-18-6-5-16(26)10-21(18)34-22-12-33-20-7-8-32-24(20)22/h5-6,9-11,13-14,20,22,24H,7-8,12H2,1-4H3,(H,27,28,29)/t20-,22-,24+,35?/m1/s1. The number of fused-ring (bicyclic) bond motifs is 2. The van der Waals surface area contributed by atoms with Gasteiger partial charge in [-0.15, -0.1) is 0 Å². The van der Waals surface area contributed by atoms with Gasteiger partial charge in [0.25, 0.3) is 0 Å². The van der Waals surface area contributed by atoms with Crippen molar-refractivity contribution < 1.29 is 22.8 Å². The fourth-order valence-corrected chi connectivity index (χ4v) is 5.09. The minimum Gasteiger partial charge on any atom is -0.483 e. The SMILES string of the molecule is Cc1cc(N=S(C)(=O)C(C)C)cc2ncnc(Nc3ccc(F)cc3O[C@@H]3CO[C@@H]4CCO[C@@H]43)c12. The molecule has 1 unspecified atom stereocenters. The van der Waals surface area contributed by atoms with E-state index in [0.717, 1.165) is 17.4 Å². The molecule has 0 aliphatic carbocycles. The fraction of sp³-hybridized carbons (Fsp3) is 0.440. The number of benzene rings is 2. The first-order valence-corrected chi connectivity index (χ1v) is 13.6. The lowest BCUT2D eigenvalue weighted by Gasteiger charge is -2.21. The summed E-state index contributed by atoms with van der Waals surface area (Å²) in [5.41, 5.74) is 2.71. The molecule has 2 fully saturated rings. The Balaban J connectivity index is 1.49. The molecule has 8 nitrogen and oxygen atoms in total. The molecule has 2 saturated heterocycles. The second kappa shape index (κ2) is 9.33. The van der Waals surface area contributed by atoms with Crippen LogP contribution in [0.1, 0.15) is 25.8 Å². The lowest BCUT2D eigenvalue weighted by atomic mass is 10.1. The van der Waals surface area contributed by atoms with Crippen LogP contribution in [0.5, 0.6) is 5.75 Å². The van der Waals surface area contributed by atoms with Crippen molar-refractivity contribution in [2.24, 2.45) is 4.36 Å². The van der Waals surface area contributed by atoms with Crippen LogP contribution in [0.3, 0.4) is 0 Å². The van der Waals surface area contributed by atoms with Crippen LogP contribution >= 0.6 is 0 Å². The summed E-state index contributed by atoms with van der Waals surface area (Å²) < 4.78 is 49.2. The minimum atomic E-state index is -2.38. The maximum atomic E-state index is 14.2. The van der Waals surface area contributed by atoms with E-state index in [-0.39, 0.29) is 23.6 Å². The molecule has 2 aliphatic rings. The van der Waals surface area contributed by atoms with E-state index in [1.165, 1.54) is 18.5 Å². The summed E-state index contributed by atoms with van der Waals surface area (Å²) in [6.07, 6.45) is 3.49. The lowest BCUT2D eigenvalue weighted by Crippen LogP contribution is -2.32. The number of aryl methyl sites for hydroxylation is 1. The Kier molecular flexibility index (Phi) is 6.37. The van der Waals surface area contributed by atoms with Crippen molar-refractivity contribution in [3.8, 4) is 5.75 Å². The number of rotatable bonds is 6. The van der Waals surface area contributed by atoms with E-state index in [1.54, 1.807) is 18.4 Å². The molecule has 0 spiro atoms. The molecule has 3 heterocycles. The monoisotopic (exact) mass is 500 g/mol. The van der Waals surface area contributed by atoms with E-state index in [1.807, 2.05) is 26.8 Å². The number of hydrogen-bond donors (Lipinski definition) is 1. The van der Waals surface area contributed by atoms with Crippen molar-refractivity contribution in [2.75, 3.05) is 24.8 Å². The quantitative estimate of drug-likeness (QED) is 0.515. The highest BCUT2D eigenvalue weighted by Crippen LogP contribution is 2.36. The van der Waals surface area contributed by atoms with Crippen molar-refractivity contribution in [1.82, 2.24) is 9.97 Å². The topological polar surface area (TPSA) is 94.9 Å². The van der Waals surface area contributed by atoms with Gasteiger partial charge in [0.15, 0.2) is 6.10 Å². The molecule has 0 saturated carbocycles. The Bertz CT molecular complexity index is 1390. The molecule has 186 valence electrons. The van der Waals surface area contributed by atoms with Gasteiger partial charge < -0.3 is 19.5 Å². The molecule has 0 amide bonds. The van der Waals surface area contributed by atoms with E-state index >= 15 is 0 Å². The molecule has 5 rings (SSSR count). The van der Waals surface area contributed by atoms with Crippen LogP contribution in [0.15, 0.2) is 41.0 Å². The zero-order chi connectivity index (χ0) is 24.7. The smallest absolute Gasteiger partial charge is 0.151 e. The number of ether oxygens (including phenoxy) is 3. The molecule has 0 bridgehead atoms. The molecule has 1 N–H and O–H groups in total. The average molecular weight is 501 g/mol. The van der Waals surface area contributed by atoms with Crippen LogP contribution in [0, 0.1) is 12.7 Å². The summed E-state index contributed by atoms with van der Waals surface area (Å²) in [5.74, 6) is 0.499. The van der Waals surface area contributed by atoms with E-state index in [0.29, 0.717) is 41.7 Å². The fourth-order valence-electron chi connectivity index (χ4n) is 4.35. The molecule has 0 radical (unpaired) electrons. The normalized spacial score (nSPS) is 23.3. The Morgan fingerprint density at radius 3 is 2.86 bits per heavy atom. The molecular weight excluding hydrogens is 471 g/mol. The molecule has 2 aliphatic heterocycles. The summed E-state index contributed by atoms with van der Waals surface area (Å²) in [6.45, 7) is 6.74. The van der Waals surface area contributed by atoms with Crippen molar-refractivity contribution >= 4 is 37.8 Å². The Morgan fingerprint density at radius 2 is 2.06 bits per heavy atom. The predicted molar refractivity (Wildman–Crippen MR) is 134 cm³/mol. The van der Waals surface area contributed by atoms with Crippen molar-refractivity contribution in [3.63, 3.8) is 0 Å². The van der Waals surface area contributed by atoms with Crippen LogP contribution in [-0.2, 0) is 19.2 Å². The van der Waals surface area contributed by atoms with Crippen LogP contribution in [0.2, 0.25) is 0 Å². The second-order valence-corrected chi connectivity index (χ2v) is 12.1. The summed E-state index contributed by atoms with van der Waals surface area (Å²) in [6, 6.07) is 8.01. The van der Waals surface area contributed by atoms with Gasteiger partial charge in [0.1, 0.15) is 29.8 Å². The average Bonchev–Trinajstić information content (AvgIpc) is 3.40. The number of halogens is 1. The van der Waals surface area contributed by atoms with Gasteiger partial charge in [-0.05, 0) is 43.2 Å². The number of aromatic nitrogens is 2. The molecular formula is C25H29FN4O4S. The highest BCUT2D eigenvalue weighted by molar-refractivity contribution is 7.93. The Labute approximate surface area is 204 Å². The first kappa shape index (κ1) is 23.9. The van der Waals surface area contributed by atoms with E-state index in [2.05, 4.69) is 19.6 Å². The predicted octanol–water partition coefficient (Wildman–Crippen LogP) is 4.89. The molecule has 10 heteroatoms. The van der Waals surface area contributed by atoms with Gasteiger partial charge in [-0.3, -0.25) is 0 Å². The summed E-state index contributed by atoms with van der Waals surface area (Å²) in [7, 11) is -2.38. The zero-order valence-corrected chi connectivity index (χ0v) is 21.0. The third-order valence-corrected chi connectivity index (χ3v) is 8.80. The number of anilines is 2. The summed E-state index contributed by atoms with van der Waals surface area (Å²) in [4.78, 5) is 8.84.